The average Bonchev–Trinajstić information content (AvgIpc) is 3.01. The van der Waals surface area contributed by atoms with Crippen LogP contribution in [0.3, 0.4) is 0 Å². The number of carboxylic acid groups (broad SMARTS) is 1. The third-order valence-electron chi connectivity index (χ3n) is 4.72. The Labute approximate surface area is 162 Å². The number of aliphatic carboxylic acids is 1. The number of hydrogen-bond donors (Lipinski definition) is 2. The number of benzene rings is 1. The van der Waals surface area contributed by atoms with E-state index in [0.29, 0.717) is 28.1 Å². The summed E-state index contributed by atoms with van der Waals surface area (Å²) in [5, 5.41) is 16.7. The molecule has 146 valence electrons. The Morgan fingerprint density at radius 2 is 1.93 bits per heavy atom. The molecule has 1 atom stereocenters. The van der Waals surface area contributed by atoms with Crippen LogP contribution < -0.4 is 5.32 Å². The number of carboxylic acids is 1. The normalized spacial score (nSPS) is 12.3. The van der Waals surface area contributed by atoms with Crippen molar-refractivity contribution in [3.8, 4) is 0 Å². The van der Waals surface area contributed by atoms with Crippen molar-refractivity contribution >= 4 is 23.0 Å². The second-order valence-corrected chi connectivity index (χ2v) is 7.18. The van der Waals surface area contributed by atoms with Gasteiger partial charge in [-0.25, -0.2) is 4.98 Å². The summed E-state index contributed by atoms with van der Waals surface area (Å²) >= 11 is 0. The maximum absolute atomic E-state index is 13.2. The lowest BCUT2D eigenvalue weighted by Crippen LogP contribution is -2.31. The highest BCUT2D eigenvalue weighted by atomic mass is 16.5. The van der Waals surface area contributed by atoms with Crippen molar-refractivity contribution in [2.45, 2.75) is 46.1 Å². The first-order valence-corrected chi connectivity index (χ1v) is 9.13. The molecule has 3 aromatic rings. The van der Waals surface area contributed by atoms with Crippen molar-refractivity contribution in [2.75, 3.05) is 0 Å². The Morgan fingerprint density at radius 1 is 1.21 bits per heavy atom. The van der Waals surface area contributed by atoms with Crippen molar-refractivity contribution in [3.63, 3.8) is 0 Å². The van der Waals surface area contributed by atoms with E-state index in [1.807, 2.05) is 45.0 Å². The zero-order valence-corrected chi connectivity index (χ0v) is 16.3. The first kappa shape index (κ1) is 19.5. The third-order valence-corrected chi connectivity index (χ3v) is 4.72. The van der Waals surface area contributed by atoms with Gasteiger partial charge < -0.3 is 14.9 Å². The number of amides is 1. The molecule has 2 heterocycles. The highest BCUT2D eigenvalue weighted by Crippen LogP contribution is 2.27. The number of pyridine rings is 1. The van der Waals surface area contributed by atoms with Gasteiger partial charge in [0.2, 0.25) is 0 Å². The molecular formula is C21H23N3O4. The van der Waals surface area contributed by atoms with Crippen LogP contribution in [0.15, 0.2) is 34.9 Å². The molecule has 0 saturated carbocycles. The molecule has 0 spiro atoms. The molecule has 1 aromatic carbocycles. The number of nitrogens with zero attached hydrogens (tertiary/aromatic N) is 2. The molecule has 0 radical (unpaired) electrons. The average molecular weight is 381 g/mol. The standard InChI is InChI=1S/C21H23N3O4/c1-11(2)16-9-15(19-13(4)24-28-21(19)23-16)20(27)22-17(10-18(25)26)14-8-6-5-7-12(14)3/h5-9,11,17H,10H2,1-4H3,(H,22,27)(H,25,26). The van der Waals surface area contributed by atoms with Gasteiger partial charge in [0.15, 0.2) is 0 Å². The molecule has 0 aliphatic carbocycles. The van der Waals surface area contributed by atoms with E-state index in [2.05, 4.69) is 15.5 Å². The van der Waals surface area contributed by atoms with Gasteiger partial charge in [0.25, 0.3) is 11.6 Å². The molecule has 0 saturated heterocycles. The SMILES string of the molecule is Cc1ccccc1C(CC(=O)O)NC(=O)c1cc(C(C)C)nc2onc(C)c12. The summed E-state index contributed by atoms with van der Waals surface area (Å²) < 4.78 is 5.27. The van der Waals surface area contributed by atoms with E-state index in [-0.39, 0.29) is 18.2 Å². The molecule has 1 unspecified atom stereocenters. The Balaban J connectivity index is 2.03. The lowest BCUT2D eigenvalue weighted by molar-refractivity contribution is -0.137. The second kappa shape index (κ2) is 7.80. The molecule has 2 N–H and O–H groups in total. The van der Waals surface area contributed by atoms with Gasteiger partial charge in [0.1, 0.15) is 0 Å². The fourth-order valence-electron chi connectivity index (χ4n) is 3.22. The highest BCUT2D eigenvalue weighted by molar-refractivity contribution is 6.06. The Bertz CT molecular complexity index is 1040. The van der Waals surface area contributed by atoms with Gasteiger partial charge in [0, 0.05) is 5.69 Å². The fourth-order valence-corrected chi connectivity index (χ4v) is 3.22. The summed E-state index contributed by atoms with van der Waals surface area (Å²) in [4.78, 5) is 29.0. The third kappa shape index (κ3) is 3.88. The number of nitrogens with one attached hydrogen (secondary N) is 1. The maximum atomic E-state index is 13.2. The summed E-state index contributed by atoms with van der Waals surface area (Å²) in [5.74, 6) is -1.28. The van der Waals surface area contributed by atoms with Gasteiger partial charge in [0.05, 0.1) is 29.1 Å². The van der Waals surface area contributed by atoms with E-state index < -0.39 is 12.0 Å². The molecule has 0 aliphatic heterocycles. The summed E-state index contributed by atoms with van der Waals surface area (Å²) in [6, 6.07) is 8.49. The molecule has 28 heavy (non-hydrogen) atoms. The fraction of sp³-hybridized carbons (Fsp3) is 0.333. The highest BCUT2D eigenvalue weighted by Gasteiger charge is 2.24. The molecule has 1 amide bonds. The minimum atomic E-state index is -0.988. The van der Waals surface area contributed by atoms with Crippen LogP contribution in [-0.4, -0.2) is 27.1 Å². The Hall–Kier alpha value is -3.22. The van der Waals surface area contributed by atoms with Crippen LogP contribution in [0.4, 0.5) is 0 Å². The predicted octanol–water partition coefficient (Wildman–Crippen LogP) is 3.91. The van der Waals surface area contributed by atoms with Gasteiger partial charge in [-0.05, 0) is 37.0 Å². The van der Waals surface area contributed by atoms with E-state index in [1.54, 1.807) is 13.0 Å². The van der Waals surface area contributed by atoms with Crippen LogP contribution in [0.5, 0.6) is 0 Å². The van der Waals surface area contributed by atoms with Crippen molar-refractivity contribution in [1.29, 1.82) is 0 Å². The zero-order chi connectivity index (χ0) is 20.4. The van der Waals surface area contributed by atoms with E-state index >= 15 is 0 Å². The molecule has 0 fully saturated rings. The zero-order valence-electron chi connectivity index (χ0n) is 16.3. The topological polar surface area (TPSA) is 105 Å². The quantitative estimate of drug-likeness (QED) is 0.671. The Kier molecular flexibility index (Phi) is 5.44. The number of aromatic nitrogens is 2. The van der Waals surface area contributed by atoms with Crippen LogP contribution >= 0.6 is 0 Å². The lowest BCUT2D eigenvalue weighted by Gasteiger charge is -2.20. The van der Waals surface area contributed by atoms with Crippen LogP contribution in [0.25, 0.3) is 11.1 Å². The minimum absolute atomic E-state index is 0.0903. The predicted molar refractivity (Wildman–Crippen MR) is 104 cm³/mol. The van der Waals surface area contributed by atoms with Gasteiger partial charge >= 0.3 is 5.97 Å². The van der Waals surface area contributed by atoms with Gasteiger partial charge in [-0.2, -0.15) is 0 Å². The number of rotatable bonds is 6. The summed E-state index contributed by atoms with van der Waals surface area (Å²) in [5.41, 5.74) is 3.65. The molecule has 2 aromatic heterocycles. The largest absolute Gasteiger partial charge is 0.481 e. The number of carbonyl (C=O) groups is 2. The van der Waals surface area contributed by atoms with Crippen molar-refractivity contribution < 1.29 is 19.2 Å². The van der Waals surface area contributed by atoms with Crippen LogP contribution in [0.2, 0.25) is 0 Å². The summed E-state index contributed by atoms with van der Waals surface area (Å²) in [7, 11) is 0. The smallest absolute Gasteiger partial charge is 0.305 e. The monoisotopic (exact) mass is 381 g/mol. The van der Waals surface area contributed by atoms with Gasteiger partial charge in [-0.15, -0.1) is 0 Å². The summed E-state index contributed by atoms with van der Waals surface area (Å²) in [6.07, 6.45) is -0.218. The van der Waals surface area contributed by atoms with E-state index in [0.717, 1.165) is 11.1 Å². The summed E-state index contributed by atoms with van der Waals surface area (Å²) in [6.45, 7) is 7.58. The maximum Gasteiger partial charge on any atom is 0.305 e. The number of carbonyl (C=O) groups excluding carboxylic acids is 1. The first-order valence-electron chi connectivity index (χ1n) is 9.13. The molecule has 7 heteroatoms. The van der Waals surface area contributed by atoms with Crippen molar-refractivity contribution in [1.82, 2.24) is 15.5 Å². The molecule has 7 nitrogen and oxygen atoms in total. The van der Waals surface area contributed by atoms with Crippen LogP contribution in [0.1, 0.15) is 65.1 Å². The minimum Gasteiger partial charge on any atom is -0.481 e. The molecule has 3 rings (SSSR count). The second-order valence-electron chi connectivity index (χ2n) is 7.18. The Morgan fingerprint density at radius 3 is 2.57 bits per heavy atom. The van der Waals surface area contributed by atoms with Crippen LogP contribution in [-0.2, 0) is 4.79 Å². The van der Waals surface area contributed by atoms with Crippen LogP contribution in [0, 0.1) is 13.8 Å². The number of aryl methyl sites for hydroxylation is 2. The number of fused-ring (bicyclic) bond motifs is 1. The van der Waals surface area contributed by atoms with E-state index in [9.17, 15) is 14.7 Å². The lowest BCUT2D eigenvalue weighted by atomic mass is 9.97. The first-order chi connectivity index (χ1) is 13.3. The molecule has 0 aliphatic rings. The van der Waals surface area contributed by atoms with E-state index in [1.165, 1.54) is 0 Å². The van der Waals surface area contributed by atoms with Crippen molar-refractivity contribution in [2.24, 2.45) is 0 Å². The molecular weight excluding hydrogens is 358 g/mol. The van der Waals surface area contributed by atoms with E-state index in [4.69, 9.17) is 4.52 Å². The van der Waals surface area contributed by atoms with Crippen molar-refractivity contribution in [3.05, 3.63) is 58.4 Å². The van der Waals surface area contributed by atoms with Gasteiger partial charge in [-0.1, -0.05) is 43.3 Å². The number of hydrogen-bond acceptors (Lipinski definition) is 5. The molecule has 0 bridgehead atoms. The van der Waals surface area contributed by atoms with Gasteiger partial charge in [-0.3, -0.25) is 9.59 Å².